The first-order valence-electron chi connectivity index (χ1n) is 5.51. The number of nitrogens with two attached hydrogens (primary N) is 1. The molecule has 0 saturated heterocycles. The zero-order valence-corrected chi connectivity index (χ0v) is 10.3. The van der Waals surface area contributed by atoms with Crippen molar-refractivity contribution in [3.05, 3.63) is 34.5 Å². The molecule has 16 heavy (non-hydrogen) atoms. The van der Waals surface area contributed by atoms with Crippen LogP contribution >= 0.6 is 11.6 Å². The van der Waals surface area contributed by atoms with E-state index in [1.807, 2.05) is 18.2 Å². The van der Waals surface area contributed by atoms with Crippen LogP contribution in [0.3, 0.4) is 0 Å². The van der Waals surface area contributed by atoms with Gasteiger partial charge in [-0.1, -0.05) is 25.4 Å². The fourth-order valence-electron chi connectivity index (χ4n) is 1.97. The van der Waals surface area contributed by atoms with Crippen LogP contribution in [-0.4, -0.2) is 0 Å². The van der Waals surface area contributed by atoms with Gasteiger partial charge in [-0.15, -0.1) is 0 Å². The van der Waals surface area contributed by atoms with Gasteiger partial charge in [0.25, 0.3) is 0 Å². The minimum absolute atomic E-state index is 0.439. The van der Waals surface area contributed by atoms with Gasteiger partial charge in [-0.2, -0.15) is 0 Å². The van der Waals surface area contributed by atoms with Crippen LogP contribution in [0.4, 0.5) is 0 Å². The summed E-state index contributed by atoms with van der Waals surface area (Å²) in [5.41, 5.74) is 7.78. The van der Waals surface area contributed by atoms with E-state index in [-0.39, 0.29) is 0 Å². The molecule has 0 amide bonds. The maximum absolute atomic E-state index is 6.01. The lowest BCUT2D eigenvalue weighted by Crippen LogP contribution is -2.01. The van der Waals surface area contributed by atoms with Gasteiger partial charge in [0.05, 0.1) is 6.54 Å². The topological polar surface area (TPSA) is 39.2 Å². The highest BCUT2D eigenvalue weighted by molar-refractivity contribution is 6.31. The van der Waals surface area contributed by atoms with Gasteiger partial charge in [0.2, 0.25) is 0 Å². The molecule has 0 aliphatic rings. The largest absolute Gasteiger partial charge is 0.459 e. The van der Waals surface area contributed by atoms with Gasteiger partial charge in [0.1, 0.15) is 11.3 Å². The summed E-state index contributed by atoms with van der Waals surface area (Å²) in [6.45, 7) is 4.81. The lowest BCUT2D eigenvalue weighted by molar-refractivity contribution is 0.535. The quantitative estimate of drug-likeness (QED) is 0.883. The summed E-state index contributed by atoms with van der Waals surface area (Å²) in [5, 5.41) is 1.84. The maximum Gasteiger partial charge on any atom is 0.134 e. The monoisotopic (exact) mass is 237 g/mol. The van der Waals surface area contributed by atoms with Crippen LogP contribution in [0.2, 0.25) is 5.02 Å². The summed E-state index contributed by atoms with van der Waals surface area (Å²) >= 11 is 6.01. The second-order valence-corrected chi connectivity index (χ2v) is 4.88. The summed E-state index contributed by atoms with van der Waals surface area (Å²) in [6.07, 6.45) is 0.972. The molecule has 1 heterocycles. The molecule has 0 bridgehead atoms. The smallest absolute Gasteiger partial charge is 0.134 e. The van der Waals surface area contributed by atoms with E-state index in [9.17, 15) is 0 Å². The van der Waals surface area contributed by atoms with E-state index in [0.717, 1.165) is 28.2 Å². The zero-order chi connectivity index (χ0) is 11.7. The van der Waals surface area contributed by atoms with Crippen LogP contribution in [0, 0.1) is 5.92 Å². The molecule has 0 fully saturated rings. The molecule has 0 spiro atoms. The normalized spacial score (nSPS) is 11.6. The van der Waals surface area contributed by atoms with Crippen LogP contribution < -0.4 is 5.73 Å². The van der Waals surface area contributed by atoms with Gasteiger partial charge >= 0.3 is 0 Å². The lowest BCUT2D eigenvalue weighted by atomic mass is 10.00. The fraction of sp³-hybridized carbons (Fsp3) is 0.385. The van der Waals surface area contributed by atoms with E-state index >= 15 is 0 Å². The Bertz CT molecular complexity index is 502. The Labute approximate surface area is 100 Å². The molecule has 86 valence electrons. The van der Waals surface area contributed by atoms with Gasteiger partial charge in [-0.05, 0) is 30.5 Å². The molecule has 2 rings (SSSR count). The van der Waals surface area contributed by atoms with E-state index in [4.69, 9.17) is 21.8 Å². The fourth-order valence-corrected chi connectivity index (χ4v) is 2.14. The molecule has 0 unspecified atom stereocenters. The molecule has 1 aromatic carbocycles. The Kier molecular flexibility index (Phi) is 3.22. The first-order chi connectivity index (χ1) is 7.61. The molecule has 0 aliphatic carbocycles. The van der Waals surface area contributed by atoms with Crippen molar-refractivity contribution in [2.45, 2.75) is 26.8 Å². The average Bonchev–Trinajstić information content (AvgIpc) is 2.56. The van der Waals surface area contributed by atoms with Gasteiger partial charge in [0.15, 0.2) is 0 Å². The van der Waals surface area contributed by atoms with Gasteiger partial charge in [-0.3, -0.25) is 0 Å². The van der Waals surface area contributed by atoms with Crippen molar-refractivity contribution in [1.82, 2.24) is 0 Å². The first kappa shape index (κ1) is 11.5. The third kappa shape index (κ3) is 2.08. The molecular formula is C13H16ClNO. The minimum atomic E-state index is 0.439. The minimum Gasteiger partial charge on any atom is -0.459 e. The third-order valence-electron chi connectivity index (χ3n) is 2.63. The van der Waals surface area contributed by atoms with Crippen molar-refractivity contribution in [1.29, 1.82) is 0 Å². The second kappa shape index (κ2) is 4.48. The molecule has 3 heteroatoms. The van der Waals surface area contributed by atoms with Crippen molar-refractivity contribution < 1.29 is 4.42 Å². The highest BCUT2D eigenvalue weighted by Gasteiger charge is 2.14. The summed E-state index contributed by atoms with van der Waals surface area (Å²) in [5.74, 6) is 1.45. The third-order valence-corrected chi connectivity index (χ3v) is 2.87. The first-order valence-corrected chi connectivity index (χ1v) is 5.89. The lowest BCUT2D eigenvalue weighted by Gasteiger charge is -2.04. The van der Waals surface area contributed by atoms with Crippen LogP contribution in [0.25, 0.3) is 11.0 Å². The Morgan fingerprint density at radius 3 is 2.75 bits per heavy atom. The SMILES string of the molecule is CC(C)Cc1c(CN)oc2ccc(Cl)cc12. The van der Waals surface area contributed by atoms with E-state index in [2.05, 4.69) is 13.8 Å². The molecule has 2 nitrogen and oxygen atoms in total. The molecular weight excluding hydrogens is 222 g/mol. The maximum atomic E-state index is 6.01. The number of furan rings is 1. The van der Waals surface area contributed by atoms with E-state index in [0.29, 0.717) is 12.5 Å². The van der Waals surface area contributed by atoms with Crippen molar-refractivity contribution in [2.24, 2.45) is 11.7 Å². The highest BCUT2D eigenvalue weighted by atomic mass is 35.5. The summed E-state index contributed by atoms with van der Waals surface area (Å²) in [7, 11) is 0. The van der Waals surface area contributed by atoms with Gasteiger partial charge in [0, 0.05) is 16.0 Å². The molecule has 0 saturated carbocycles. The molecule has 1 aromatic heterocycles. The van der Waals surface area contributed by atoms with Crippen molar-refractivity contribution in [3.63, 3.8) is 0 Å². The molecule has 2 N–H and O–H groups in total. The summed E-state index contributed by atoms with van der Waals surface area (Å²) in [6, 6.07) is 5.70. The number of hydrogen-bond donors (Lipinski definition) is 1. The van der Waals surface area contributed by atoms with Gasteiger partial charge in [-0.25, -0.2) is 0 Å². The predicted octanol–water partition coefficient (Wildman–Crippen LogP) is 3.74. The van der Waals surface area contributed by atoms with Crippen LogP contribution in [-0.2, 0) is 13.0 Å². The van der Waals surface area contributed by atoms with Crippen LogP contribution in [0.1, 0.15) is 25.2 Å². The number of hydrogen-bond acceptors (Lipinski definition) is 2. The van der Waals surface area contributed by atoms with Crippen molar-refractivity contribution in [2.75, 3.05) is 0 Å². The number of rotatable bonds is 3. The number of halogens is 1. The molecule has 0 radical (unpaired) electrons. The standard InChI is InChI=1S/C13H16ClNO/c1-8(2)5-10-11-6-9(14)3-4-12(11)16-13(10)7-15/h3-4,6,8H,5,7,15H2,1-2H3. The zero-order valence-electron chi connectivity index (χ0n) is 9.59. The van der Waals surface area contributed by atoms with Crippen LogP contribution in [0.15, 0.2) is 22.6 Å². The summed E-state index contributed by atoms with van der Waals surface area (Å²) < 4.78 is 5.72. The van der Waals surface area contributed by atoms with E-state index in [1.54, 1.807) is 0 Å². The molecule has 2 aromatic rings. The van der Waals surface area contributed by atoms with E-state index in [1.165, 1.54) is 5.56 Å². The Morgan fingerprint density at radius 1 is 1.38 bits per heavy atom. The Morgan fingerprint density at radius 2 is 2.12 bits per heavy atom. The summed E-state index contributed by atoms with van der Waals surface area (Å²) in [4.78, 5) is 0. The predicted molar refractivity (Wildman–Crippen MR) is 67.7 cm³/mol. The van der Waals surface area contributed by atoms with E-state index < -0.39 is 0 Å². The Hall–Kier alpha value is -0.990. The highest BCUT2D eigenvalue weighted by Crippen LogP contribution is 2.30. The number of benzene rings is 1. The van der Waals surface area contributed by atoms with Gasteiger partial charge < -0.3 is 10.2 Å². The second-order valence-electron chi connectivity index (χ2n) is 4.45. The Balaban J connectivity index is 2.60. The van der Waals surface area contributed by atoms with Crippen LogP contribution in [0.5, 0.6) is 0 Å². The number of fused-ring (bicyclic) bond motifs is 1. The average molecular weight is 238 g/mol. The van der Waals surface area contributed by atoms with Crippen molar-refractivity contribution >= 4 is 22.6 Å². The molecule has 0 atom stereocenters. The molecule has 0 aliphatic heterocycles. The van der Waals surface area contributed by atoms with Crippen molar-refractivity contribution in [3.8, 4) is 0 Å².